The van der Waals surface area contributed by atoms with E-state index in [0.29, 0.717) is 48.3 Å². The third kappa shape index (κ3) is 13.8. The molecule has 0 aliphatic carbocycles. The molecule has 0 saturated carbocycles. The molecule has 0 bridgehead atoms. The van der Waals surface area contributed by atoms with E-state index >= 15 is 0 Å². The largest absolute Gasteiger partial charge is 0.494 e. The van der Waals surface area contributed by atoms with Crippen LogP contribution in [0.4, 0.5) is 17.6 Å². The molecule has 0 radical (unpaired) electrons. The molecule has 0 fully saturated rings. The Morgan fingerprint density at radius 1 is 0.426 bits per heavy atom. The predicted octanol–water partition coefficient (Wildman–Crippen LogP) is 15.0. The second kappa shape index (κ2) is 23.9. The molecule has 4 rings (SSSR count). The topological polar surface area (TPSA) is 18.5 Å². The van der Waals surface area contributed by atoms with Crippen molar-refractivity contribution in [3.05, 3.63) is 107 Å². The molecule has 0 aliphatic rings. The lowest BCUT2D eigenvalue weighted by Gasteiger charge is -2.12. The van der Waals surface area contributed by atoms with Crippen molar-refractivity contribution in [2.24, 2.45) is 5.92 Å². The van der Waals surface area contributed by atoms with Crippen molar-refractivity contribution in [3.8, 4) is 33.8 Å². The Morgan fingerprint density at radius 3 is 1.20 bits per heavy atom. The number of hydrogen-bond donors (Lipinski definition) is 0. The van der Waals surface area contributed by atoms with Crippen LogP contribution in [0.5, 0.6) is 11.5 Å². The fraction of sp³-hybridized carbons (Fsp3) is 0.500. The van der Waals surface area contributed by atoms with Gasteiger partial charge in [0, 0.05) is 11.1 Å². The van der Waals surface area contributed by atoms with Crippen molar-refractivity contribution in [1.29, 1.82) is 0 Å². The number of halogens is 4. The van der Waals surface area contributed by atoms with E-state index in [1.165, 1.54) is 38.5 Å². The Hall–Kier alpha value is -3.80. The first kappa shape index (κ1) is 42.9. The van der Waals surface area contributed by atoms with Crippen LogP contribution in [0, 0.1) is 29.2 Å². The number of hydrogen-bond acceptors (Lipinski definition) is 2. The average molecular weight is 747 g/mol. The Morgan fingerprint density at radius 2 is 0.815 bits per heavy atom. The van der Waals surface area contributed by atoms with Gasteiger partial charge in [0.05, 0.1) is 13.2 Å². The van der Waals surface area contributed by atoms with Crippen molar-refractivity contribution < 1.29 is 27.0 Å². The second-order valence-electron chi connectivity index (χ2n) is 15.0. The fourth-order valence-corrected chi connectivity index (χ4v) is 7.02. The summed E-state index contributed by atoms with van der Waals surface area (Å²) in [7, 11) is 0. The van der Waals surface area contributed by atoms with Crippen LogP contribution in [0.2, 0.25) is 0 Å². The van der Waals surface area contributed by atoms with E-state index in [2.05, 4.69) is 20.8 Å². The lowest BCUT2D eigenvalue weighted by atomic mass is 9.96. The molecule has 0 amide bonds. The summed E-state index contributed by atoms with van der Waals surface area (Å²) in [5.41, 5.74) is 2.77. The van der Waals surface area contributed by atoms with Crippen molar-refractivity contribution in [3.63, 3.8) is 0 Å². The maximum absolute atomic E-state index is 14.8. The summed E-state index contributed by atoms with van der Waals surface area (Å²) in [5.74, 6) is -0.787. The van der Waals surface area contributed by atoms with E-state index in [9.17, 15) is 17.6 Å². The summed E-state index contributed by atoms with van der Waals surface area (Å²) in [6.07, 6.45) is 18.6. The highest BCUT2D eigenvalue weighted by atomic mass is 19.2. The van der Waals surface area contributed by atoms with Gasteiger partial charge in [0.1, 0.15) is 11.5 Å². The minimum atomic E-state index is -0.773. The first-order valence-electron chi connectivity index (χ1n) is 20.7. The molecule has 6 heteroatoms. The van der Waals surface area contributed by atoms with Gasteiger partial charge in [-0.1, -0.05) is 146 Å². The third-order valence-electron chi connectivity index (χ3n) is 10.5. The summed E-state index contributed by atoms with van der Waals surface area (Å²) in [4.78, 5) is 0. The minimum Gasteiger partial charge on any atom is -0.494 e. The Balaban J connectivity index is 1.01. The van der Waals surface area contributed by atoms with Crippen LogP contribution in [-0.4, -0.2) is 13.2 Å². The highest BCUT2D eigenvalue weighted by Gasteiger charge is 2.16. The first-order valence-corrected chi connectivity index (χ1v) is 20.7. The van der Waals surface area contributed by atoms with Gasteiger partial charge in [0.15, 0.2) is 23.3 Å². The SMILES string of the molecule is CCCCCc1ccc(-c2ccc(OCCCCCCC(C)CCCCCCOc3ccc(-c4ccc(CCCCC)c(F)c4F)cc3)cc2)c(F)c1F. The Labute approximate surface area is 322 Å². The van der Waals surface area contributed by atoms with Gasteiger partial charge < -0.3 is 9.47 Å². The van der Waals surface area contributed by atoms with Gasteiger partial charge in [-0.25, -0.2) is 17.6 Å². The van der Waals surface area contributed by atoms with Crippen LogP contribution in [-0.2, 0) is 12.8 Å². The number of benzene rings is 4. The molecule has 4 aromatic carbocycles. The number of unbranched alkanes of at least 4 members (excludes halogenated alkanes) is 10. The predicted molar refractivity (Wildman–Crippen MR) is 216 cm³/mol. The lowest BCUT2D eigenvalue weighted by molar-refractivity contribution is 0.301. The summed E-state index contributed by atoms with van der Waals surface area (Å²) in [6, 6.07) is 21.3. The molecule has 0 atom stereocenters. The zero-order valence-corrected chi connectivity index (χ0v) is 33.0. The van der Waals surface area contributed by atoms with Crippen LogP contribution >= 0.6 is 0 Å². The van der Waals surface area contributed by atoms with Gasteiger partial charge in [0.2, 0.25) is 0 Å². The molecule has 2 nitrogen and oxygen atoms in total. The highest BCUT2D eigenvalue weighted by molar-refractivity contribution is 5.66. The molecule has 0 aromatic heterocycles. The molecule has 0 aliphatic heterocycles. The molecule has 54 heavy (non-hydrogen) atoms. The van der Waals surface area contributed by atoms with Gasteiger partial charge in [-0.15, -0.1) is 0 Å². The molecule has 0 unspecified atom stereocenters. The number of aryl methyl sites for hydroxylation is 2. The standard InChI is InChI=1S/C48H62F4O2/c1-4-6-12-20-39-26-32-43(47(51)45(39)49)37-22-28-41(29-23-37)53-34-16-10-8-14-18-36(3)19-15-9-11-17-35-54-42-30-24-38(25-31-42)44-33-27-40(21-13-7-5-2)46(50)48(44)52/h22-33,36H,4-21,34-35H2,1-3H3. The van der Waals surface area contributed by atoms with Gasteiger partial charge in [-0.3, -0.25) is 0 Å². The van der Waals surface area contributed by atoms with Gasteiger partial charge in [-0.2, -0.15) is 0 Å². The van der Waals surface area contributed by atoms with Crippen LogP contribution in [0.1, 0.15) is 135 Å². The zero-order valence-electron chi connectivity index (χ0n) is 33.0. The van der Waals surface area contributed by atoms with Crippen molar-refractivity contribution in [1.82, 2.24) is 0 Å². The van der Waals surface area contributed by atoms with Crippen LogP contribution in [0.25, 0.3) is 22.3 Å². The molecule has 0 heterocycles. The molecule has 0 spiro atoms. The lowest BCUT2D eigenvalue weighted by Crippen LogP contribution is -2.00. The molecular formula is C48H62F4O2. The minimum absolute atomic E-state index is 0.285. The summed E-state index contributed by atoms with van der Waals surface area (Å²) >= 11 is 0. The zero-order chi connectivity index (χ0) is 38.5. The van der Waals surface area contributed by atoms with Gasteiger partial charge in [0.25, 0.3) is 0 Å². The maximum Gasteiger partial charge on any atom is 0.166 e. The highest BCUT2D eigenvalue weighted by Crippen LogP contribution is 2.30. The molecule has 0 saturated heterocycles. The van der Waals surface area contributed by atoms with E-state index in [0.717, 1.165) is 81.6 Å². The van der Waals surface area contributed by atoms with E-state index < -0.39 is 23.3 Å². The van der Waals surface area contributed by atoms with Crippen LogP contribution < -0.4 is 9.47 Å². The summed E-state index contributed by atoms with van der Waals surface area (Å²) in [5, 5.41) is 0. The third-order valence-corrected chi connectivity index (χ3v) is 10.5. The Bertz CT molecular complexity index is 1530. The smallest absolute Gasteiger partial charge is 0.166 e. The monoisotopic (exact) mass is 746 g/mol. The van der Waals surface area contributed by atoms with Crippen LogP contribution in [0.3, 0.4) is 0 Å². The molecular weight excluding hydrogens is 685 g/mol. The first-order chi connectivity index (χ1) is 26.3. The van der Waals surface area contributed by atoms with E-state index in [1.807, 2.05) is 24.3 Å². The summed E-state index contributed by atoms with van der Waals surface area (Å²) < 4.78 is 70.6. The van der Waals surface area contributed by atoms with Crippen molar-refractivity contribution >= 4 is 0 Å². The van der Waals surface area contributed by atoms with Gasteiger partial charge in [-0.05, 0) is 91.0 Å². The maximum atomic E-state index is 14.8. The number of ether oxygens (including phenoxy) is 2. The van der Waals surface area contributed by atoms with E-state index in [4.69, 9.17) is 9.47 Å². The molecule has 0 N–H and O–H groups in total. The van der Waals surface area contributed by atoms with E-state index in [1.54, 1.807) is 48.5 Å². The Kier molecular flexibility index (Phi) is 19.0. The normalized spacial score (nSPS) is 11.4. The van der Waals surface area contributed by atoms with Crippen molar-refractivity contribution in [2.75, 3.05) is 13.2 Å². The average Bonchev–Trinajstić information content (AvgIpc) is 3.18. The molecule has 4 aromatic rings. The van der Waals surface area contributed by atoms with Gasteiger partial charge >= 0.3 is 0 Å². The quantitative estimate of drug-likeness (QED) is 0.0471. The number of rotatable bonds is 26. The second-order valence-corrected chi connectivity index (χ2v) is 15.0. The summed E-state index contributed by atoms with van der Waals surface area (Å²) in [6.45, 7) is 7.84. The van der Waals surface area contributed by atoms with Crippen LogP contribution in [0.15, 0.2) is 72.8 Å². The fourth-order valence-electron chi connectivity index (χ4n) is 7.02. The van der Waals surface area contributed by atoms with E-state index in [-0.39, 0.29) is 11.1 Å². The molecule has 294 valence electrons. The van der Waals surface area contributed by atoms with Crippen molar-refractivity contribution in [2.45, 2.75) is 136 Å².